The van der Waals surface area contributed by atoms with Gasteiger partial charge in [0.25, 0.3) is 0 Å². The number of aryl methyl sites for hydroxylation is 2. The summed E-state index contributed by atoms with van der Waals surface area (Å²) in [6, 6.07) is 2.17. The molecule has 0 saturated heterocycles. The molecule has 3 nitrogen and oxygen atoms in total. The first-order valence-electron chi connectivity index (χ1n) is 5.16. The Kier molecular flexibility index (Phi) is 4.27. The van der Waals surface area contributed by atoms with Crippen LogP contribution in [0.5, 0.6) is 0 Å². The zero-order valence-corrected chi connectivity index (χ0v) is 14.1. The van der Waals surface area contributed by atoms with E-state index in [0.29, 0.717) is 0 Å². The lowest BCUT2D eigenvalue weighted by atomic mass is 10.1. The highest BCUT2D eigenvalue weighted by Gasteiger charge is 2.16. The molecule has 1 atom stereocenters. The SMILES string of the molecule is Cc1nn(C)c(CC(N)c2csc(I)c2)c1Br. The Morgan fingerprint density at radius 3 is 2.82 bits per heavy atom. The van der Waals surface area contributed by atoms with Crippen molar-refractivity contribution in [2.75, 3.05) is 0 Å². The van der Waals surface area contributed by atoms with Gasteiger partial charge in [-0.3, -0.25) is 4.68 Å². The van der Waals surface area contributed by atoms with E-state index in [1.807, 2.05) is 18.7 Å². The number of hydrogen-bond donors (Lipinski definition) is 1. The van der Waals surface area contributed by atoms with E-state index in [4.69, 9.17) is 5.73 Å². The molecule has 2 rings (SSSR count). The van der Waals surface area contributed by atoms with Crippen LogP contribution in [0.4, 0.5) is 0 Å². The van der Waals surface area contributed by atoms with Crippen LogP contribution in [0.3, 0.4) is 0 Å². The van der Waals surface area contributed by atoms with Crippen molar-refractivity contribution in [2.24, 2.45) is 12.8 Å². The molecule has 6 heteroatoms. The fraction of sp³-hybridized carbons (Fsp3) is 0.364. The number of aromatic nitrogens is 2. The van der Waals surface area contributed by atoms with Gasteiger partial charge >= 0.3 is 0 Å². The van der Waals surface area contributed by atoms with Crippen LogP contribution in [0.2, 0.25) is 0 Å². The lowest BCUT2D eigenvalue weighted by Gasteiger charge is -2.10. The summed E-state index contributed by atoms with van der Waals surface area (Å²) in [5.74, 6) is 0. The van der Waals surface area contributed by atoms with Crippen molar-refractivity contribution in [2.45, 2.75) is 19.4 Å². The van der Waals surface area contributed by atoms with Crippen LogP contribution >= 0.6 is 49.9 Å². The fourth-order valence-electron chi connectivity index (χ4n) is 1.75. The molecule has 0 saturated carbocycles. The van der Waals surface area contributed by atoms with Gasteiger partial charge in [0.05, 0.1) is 18.7 Å². The van der Waals surface area contributed by atoms with Crippen LogP contribution in [0.15, 0.2) is 15.9 Å². The van der Waals surface area contributed by atoms with Gasteiger partial charge in [0.15, 0.2) is 0 Å². The quantitative estimate of drug-likeness (QED) is 0.766. The van der Waals surface area contributed by atoms with Gasteiger partial charge in [0.2, 0.25) is 0 Å². The third-order valence-electron chi connectivity index (χ3n) is 2.69. The average Bonchev–Trinajstić information content (AvgIpc) is 2.79. The highest BCUT2D eigenvalue weighted by Crippen LogP contribution is 2.27. The first-order chi connectivity index (χ1) is 7.99. The van der Waals surface area contributed by atoms with Gasteiger partial charge in [0.1, 0.15) is 0 Å². The zero-order valence-electron chi connectivity index (χ0n) is 9.58. The average molecular weight is 426 g/mol. The molecule has 0 amide bonds. The first kappa shape index (κ1) is 13.5. The number of thiophene rings is 1. The van der Waals surface area contributed by atoms with E-state index in [0.717, 1.165) is 22.3 Å². The van der Waals surface area contributed by atoms with Crippen LogP contribution in [0, 0.1) is 9.81 Å². The monoisotopic (exact) mass is 425 g/mol. The molecule has 0 fully saturated rings. The molecule has 0 aromatic carbocycles. The van der Waals surface area contributed by atoms with Gasteiger partial charge in [0, 0.05) is 19.5 Å². The number of nitrogens with two attached hydrogens (primary N) is 1. The van der Waals surface area contributed by atoms with Gasteiger partial charge in [-0.2, -0.15) is 5.10 Å². The zero-order chi connectivity index (χ0) is 12.6. The second kappa shape index (κ2) is 5.38. The van der Waals surface area contributed by atoms with Crippen molar-refractivity contribution in [3.8, 4) is 0 Å². The molecule has 0 spiro atoms. The van der Waals surface area contributed by atoms with E-state index in [1.54, 1.807) is 11.3 Å². The van der Waals surface area contributed by atoms with Gasteiger partial charge in [-0.25, -0.2) is 0 Å². The molecule has 2 heterocycles. The minimum Gasteiger partial charge on any atom is -0.324 e. The summed E-state index contributed by atoms with van der Waals surface area (Å²) < 4.78 is 4.24. The molecule has 2 N–H and O–H groups in total. The molecule has 0 bridgehead atoms. The summed E-state index contributed by atoms with van der Waals surface area (Å²) in [6.45, 7) is 1.99. The Labute approximate surface area is 127 Å². The fourth-order valence-corrected chi connectivity index (χ4v) is 3.68. The summed E-state index contributed by atoms with van der Waals surface area (Å²) in [5, 5.41) is 6.51. The first-order valence-corrected chi connectivity index (χ1v) is 7.91. The molecule has 1 unspecified atom stereocenters. The molecule has 0 aliphatic heterocycles. The van der Waals surface area contributed by atoms with E-state index in [2.05, 4.69) is 55.1 Å². The Balaban J connectivity index is 2.21. The van der Waals surface area contributed by atoms with Gasteiger partial charge < -0.3 is 5.73 Å². The molecule has 0 radical (unpaired) electrons. The van der Waals surface area contributed by atoms with Crippen molar-refractivity contribution in [1.82, 2.24) is 9.78 Å². The molecule has 2 aromatic rings. The number of nitrogens with zero attached hydrogens (tertiary/aromatic N) is 2. The number of hydrogen-bond acceptors (Lipinski definition) is 3. The largest absolute Gasteiger partial charge is 0.324 e. The van der Waals surface area contributed by atoms with Crippen LogP contribution < -0.4 is 5.73 Å². The normalized spacial score (nSPS) is 13.0. The summed E-state index contributed by atoms with van der Waals surface area (Å²) in [4.78, 5) is 0. The van der Waals surface area contributed by atoms with Crippen molar-refractivity contribution in [3.63, 3.8) is 0 Å². The van der Waals surface area contributed by atoms with Crippen molar-refractivity contribution in [3.05, 3.63) is 35.8 Å². The maximum Gasteiger partial charge on any atom is 0.0738 e. The van der Waals surface area contributed by atoms with Crippen LogP contribution in [-0.2, 0) is 13.5 Å². The minimum absolute atomic E-state index is 0.0286. The lowest BCUT2D eigenvalue weighted by Crippen LogP contribution is -2.15. The molecule has 0 aliphatic rings. The highest BCUT2D eigenvalue weighted by molar-refractivity contribution is 14.1. The van der Waals surface area contributed by atoms with E-state index in [1.165, 1.54) is 8.45 Å². The number of rotatable bonds is 3. The van der Waals surface area contributed by atoms with Crippen molar-refractivity contribution >= 4 is 49.9 Å². The Bertz CT molecular complexity index is 535. The Morgan fingerprint density at radius 2 is 2.35 bits per heavy atom. The maximum absolute atomic E-state index is 6.23. The van der Waals surface area contributed by atoms with Gasteiger partial charge in [-0.05, 0) is 62.5 Å². The molecule has 92 valence electrons. The summed E-state index contributed by atoms with van der Waals surface area (Å²) in [7, 11) is 1.96. The van der Waals surface area contributed by atoms with Crippen LogP contribution in [0.25, 0.3) is 0 Å². The molecular formula is C11H13BrIN3S. The second-order valence-electron chi connectivity index (χ2n) is 3.96. The van der Waals surface area contributed by atoms with E-state index in [-0.39, 0.29) is 6.04 Å². The van der Waals surface area contributed by atoms with Crippen LogP contribution in [-0.4, -0.2) is 9.78 Å². The van der Waals surface area contributed by atoms with Crippen molar-refractivity contribution < 1.29 is 0 Å². The smallest absolute Gasteiger partial charge is 0.0738 e. The van der Waals surface area contributed by atoms with E-state index >= 15 is 0 Å². The van der Waals surface area contributed by atoms with E-state index in [9.17, 15) is 0 Å². The van der Waals surface area contributed by atoms with Crippen LogP contribution in [0.1, 0.15) is 23.0 Å². The molecule has 17 heavy (non-hydrogen) atoms. The third-order valence-corrected chi connectivity index (χ3v) is 5.53. The minimum atomic E-state index is 0.0286. The maximum atomic E-state index is 6.23. The highest BCUT2D eigenvalue weighted by atomic mass is 127. The van der Waals surface area contributed by atoms with Gasteiger partial charge in [-0.15, -0.1) is 11.3 Å². The predicted molar refractivity (Wildman–Crippen MR) is 83.3 cm³/mol. The second-order valence-corrected chi connectivity index (χ2v) is 7.56. The van der Waals surface area contributed by atoms with E-state index < -0.39 is 0 Å². The summed E-state index contributed by atoms with van der Waals surface area (Å²) in [5.41, 5.74) is 9.59. The Morgan fingerprint density at radius 1 is 1.65 bits per heavy atom. The molecular weight excluding hydrogens is 413 g/mol. The summed E-state index contributed by atoms with van der Waals surface area (Å²) >= 11 is 7.62. The lowest BCUT2D eigenvalue weighted by molar-refractivity contribution is 0.639. The van der Waals surface area contributed by atoms with Gasteiger partial charge in [-0.1, -0.05) is 0 Å². The number of halogens is 2. The Hall–Kier alpha value is 0.0800. The van der Waals surface area contributed by atoms with Crippen molar-refractivity contribution in [1.29, 1.82) is 0 Å². The predicted octanol–water partition coefficient (Wildman–Crippen LogP) is 3.40. The summed E-state index contributed by atoms with van der Waals surface area (Å²) in [6.07, 6.45) is 0.796. The topological polar surface area (TPSA) is 43.8 Å². The molecule has 2 aromatic heterocycles. The standard InChI is InChI=1S/C11H13BrIN3S/c1-6-11(12)9(16(2)15-6)4-8(14)7-3-10(13)17-5-7/h3,5,8H,4,14H2,1-2H3. The molecule has 0 aliphatic carbocycles. The third kappa shape index (κ3) is 2.91.